The molecule has 0 aliphatic heterocycles. The number of benzene rings is 1. The molecule has 0 fully saturated rings. The van der Waals surface area contributed by atoms with Crippen molar-refractivity contribution in [3.63, 3.8) is 0 Å². The quantitative estimate of drug-likeness (QED) is 0.827. The highest BCUT2D eigenvalue weighted by atomic mass is 32.2. The molecule has 2 aromatic rings. The number of aryl methyl sites for hydroxylation is 1. The molecule has 1 heterocycles. The van der Waals surface area contributed by atoms with Crippen molar-refractivity contribution in [2.24, 2.45) is 7.05 Å². The van der Waals surface area contributed by atoms with Crippen LogP contribution in [0.3, 0.4) is 0 Å². The van der Waals surface area contributed by atoms with Gasteiger partial charge in [-0.25, -0.2) is 9.67 Å². The van der Waals surface area contributed by atoms with E-state index in [1.165, 1.54) is 18.1 Å². The smallest absolute Gasteiger partial charge is 0.190 e. The first kappa shape index (κ1) is 11.5. The summed E-state index contributed by atoms with van der Waals surface area (Å²) in [4.78, 5) is 4.91. The van der Waals surface area contributed by atoms with Gasteiger partial charge < -0.3 is 4.74 Å². The average molecular weight is 246 g/mol. The molecule has 5 nitrogen and oxygen atoms in total. The Bertz CT molecular complexity index is 573. The van der Waals surface area contributed by atoms with Gasteiger partial charge in [-0.3, -0.25) is 0 Å². The summed E-state index contributed by atoms with van der Waals surface area (Å²) < 4.78 is 6.80. The molecule has 0 spiro atoms. The van der Waals surface area contributed by atoms with Crippen molar-refractivity contribution in [3.05, 3.63) is 30.1 Å². The van der Waals surface area contributed by atoms with Crippen LogP contribution in [0.4, 0.5) is 0 Å². The summed E-state index contributed by atoms with van der Waals surface area (Å²) in [5.74, 6) is 0.716. The largest absolute Gasteiger partial charge is 0.497 e. The molecular formula is C11H10N4OS. The van der Waals surface area contributed by atoms with Crippen molar-refractivity contribution in [1.82, 2.24) is 14.8 Å². The first-order chi connectivity index (χ1) is 8.24. The van der Waals surface area contributed by atoms with Gasteiger partial charge in [-0.15, -0.1) is 0 Å². The minimum Gasteiger partial charge on any atom is -0.497 e. The van der Waals surface area contributed by atoms with Crippen LogP contribution in [0.1, 0.15) is 5.56 Å². The Balaban J connectivity index is 2.37. The summed E-state index contributed by atoms with van der Waals surface area (Å²) in [6.07, 6.45) is 1.48. The highest BCUT2D eigenvalue weighted by Crippen LogP contribution is 2.31. The van der Waals surface area contributed by atoms with Crippen LogP contribution in [0, 0.1) is 11.3 Å². The van der Waals surface area contributed by atoms with Crippen molar-refractivity contribution in [2.45, 2.75) is 10.1 Å². The first-order valence-electron chi connectivity index (χ1n) is 4.84. The van der Waals surface area contributed by atoms with E-state index in [0.29, 0.717) is 11.3 Å². The van der Waals surface area contributed by atoms with Crippen molar-refractivity contribution < 1.29 is 4.74 Å². The van der Waals surface area contributed by atoms with Gasteiger partial charge in [0.1, 0.15) is 18.1 Å². The Hall–Kier alpha value is -2.00. The number of nitriles is 1. The Morgan fingerprint density at radius 2 is 2.29 bits per heavy atom. The molecule has 0 saturated heterocycles. The van der Waals surface area contributed by atoms with Crippen molar-refractivity contribution >= 4 is 11.8 Å². The summed E-state index contributed by atoms with van der Waals surface area (Å²) in [6.45, 7) is 0. The van der Waals surface area contributed by atoms with Gasteiger partial charge in [0.2, 0.25) is 0 Å². The molecule has 0 aliphatic rings. The molecule has 0 saturated carbocycles. The second-order valence-electron chi connectivity index (χ2n) is 3.24. The maximum atomic E-state index is 9.03. The zero-order valence-corrected chi connectivity index (χ0v) is 10.2. The Labute approximate surface area is 103 Å². The van der Waals surface area contributed by atoms with Gasteiger partial charge in [0.05, 0.1) is 12.7 Å². The van der Waals surface area contributed by atoms with Gasteiger partial charge in [0.25, 0.3) is 0 Å². The van der Waals surface area contributed by atoms with Gasteiger partial charge in [-0.05, 0) is 30.0 Å². The molecule has 86 valence electrons. The van der Waals surface area contributed by atoms with Crippen molar-refractivity contribution in [2.75, 3.05) is 7.11 Å². The summed E-state index contributed by atoms with van der Waals surface area (Å²) in [7, 11) is 3.40. The number of ether oxygens (including phenoxy) is 1. The SMILES string of the molecule is COc1ccc(C#N)c(Sc2ncnn2C)c1. The summed E-state index contributed by atoms with van der Waals surface area (Å²) in [5.41, 5.74) is 0.596. The Morgan fingerprint density at radius 1 is 1.47 bits per heavy atom. The maximum absolute atomic E-state index is 9.03. The highest BCUT2D eigenvalue weighted by Gasteiger charge is 2.09. The third-order valence-corrected chi connectivity index (χ3v) is 3.29. The molecule has 0 radical (unpaired) electrons. The van der Waals surface area contributed by atoms with E-state index >= 15 is 0 Å². The van der Waals surface area contributed by atoms with E-state index in [4.69, 9.17) is 10.00 Å². The lowest BCUT2D eigenvalue weighted by atomic mass is 10.2. The number of hydrogen-bond donors (Lipinski definition) is 0. The standard InChI is InChI=1S/C11H10N4OS/c1-15-11(13-7-14-15)17-10-5-9(16-2)4-3-8(10)6-12/h3-5,7H,1-2H3. The second-order valence-corrected chi connectivity index (χ2v) is 4.25. The molecule has 0 atom stereocenters. The summed E-state index contributed by atoms with van der Waals surface area (Å²) in [5, 5.41) is 13.7. The van der Waals surface area contributed by atoms with Gasteiger partial charge >= 0.3 is 0 Å². The van der Waals surface area contributed by atoms with E-state index in [1.807, 2.05) is 13.1 Å². The van der Waals surface area contributed by atoms with Gasteiger partial charge in [0, 0.05) is 11.9 Å². The molecule has 17 heavy (non-hydrogen) atoms. The van der Waals surface area contributed by atoms with Crippen LogP contribution in [0.15, 0.2) is 34.6 Å². The van der Waals surface area contributed by atoms with E-state index < -0.39 is 0 Å². The van der Waals surface area contributed by atoms with Crippen LogP contribution in [0.5, 0.6) is 5.75 Å². The van der Waals surface area contributed by atoms with Crippen LogP contribution in [0.25, 0.3) is 0 Å². The van der Waals surface area contributed by atoms with Crippen LogP contribution < -0.4 is 4.74 Å². The van der Waals surface area contributed by atoms with E-state index in [1.54, 1.807) is 23.9 Å². The number of nitrogens with zero attached hydrogens (tertiary/aromatic N) is 4. The minimum absolute atomic E-state index is 0.596. The average Bonchev–Trinajstić information content (AvgIpc) is 2.75. The predicted octanol–water partition coefficient (Wildman–Crippen LogP) is 1.85. The molecule has 0 aliphatic carbocycles. The molecule has 0 unspecified atom stereocenters. The molecule has 6 heteroatoms. The Morgan fingerprint density at radius 3 is 2.88 bits per heavy atom. The topological polar surface area (TPSA) is 63.7 Å². The van der Waals surface area contributed by atoms with Crippen LogP contribution in [0.2, 0.25) is 0 Å². The molecule has 0 N–H and O–H groups in total. The summed E-state index contributed by atoms with van der Waals surface area (Å²) in [6, 6.07) is 7.46. The van der Waals surface area contributed by atoms with Crippen molar-refractivity contribution in [1.29, 1.82) is 5.26 Å². The van der Waals surface area contributed by atoms with E-state index in [-0.39, 0.29) is 0 Å². The predicted molar refractivity (Wildman–Crippen MR) is 62.8 cm³/mol. The summed E-state index contributed by atoms with van der Waals surface area (Å²) >= 11 is 1.39. The first-order valence-corrected chi connectivity index (χ1v) is 5.66. The van der Waals surface area contributed by atoms with E-state index in [2.05, 4.69) is 16.2 Å². The third-order valence-electron chi connectivity index (χ3n) is 2.18. The van der Waals surface area contributed by atoms with Gasteiger partial charge in [-0.1, -0.05) is 0 Å². The van der Waals surface area contributed by atoms with E-state index in [9.17, 15) is 0 Å². The van der Waals surface area contributed by atoms with Crippen LogP contribution >= 0.6 is 11.8 Å². The Kier molecular flexibility index (Phi) is 3.30. The second kappa shape index (κ2) is 4.89. The molecule has 0 amide bonds. The molecule has 2 rings (SSSR count). The minimum atomic E-state index is 0.596. The maximum Gasteiger partial charge on any atom is 0.190 e. The monoisotopic (exact) mass is 246 g/mol. The molecular weight excluding hydrogens is 236 g/mol. The number of methoxy groups -OCH3 is 1. The zero-order valence-electron chi connectivity index (χ0n) is 9.41. The normalized spacial score (nSPS) is 9.94. The molecule has 1 aromatic carbocycles. The lowest BCUT2D eigenvalue weighted by Crippen LogP contribution is -1.93. The number of aromatic nitrogens is 3. The fraction of sp³-hybridized carbons (Fsp3) is 0.182. The van der Waals surface area contributed by atoms with Crippen LogP contribution in [-0.2, 0) is 7.05 Å². The lowest BCUT2D eigenvalue weighted by molar-refractivity contribution is 0.413. The number of rotatable bonds is 3. The molecule has 1 aromatic heterocycles. The van der Waals surface area contributed by atoms with Crippen molar-refractivity contribution in [3.8, 4) is 11.8 Å². The van der Waals surface area contributed by atoms with Gasteiger partial charge in [-0.2, -0.15) is 10.4 Å². The number of hydrogen-bond acceptors (Lipinski definition) is 5. The third kappa shape index (κ3) is 2.40. The highest BCUT2D eigenvalue weighted by molar-refractivity contribution is 7.99. The van der Waals surface area contributed by atoms with Crippen LogP contribution in [-0.4, -0.2) is 21.9 Å². The fourth-order valence-corrected chi connectivity index (χ4v) is 2.16. The zero-order chi connectivity index (χ0) is 12.3. The fourth-order valence-electron chi connectivity index (χ4n) is 1.28. The van der Waals surface area contributed by atoms with Gasteiger partial charge in [0.15, 0.2) is 5.16 Å². The van der Waals surface area contributed by atoms with E-state index in [0.717, 1.165) is 10.1 Å². The molecule has 0 bridgehead atoms. The lowest BCUT2D eigenvalue weighted by Gasteiger charge is -2.05.